The molecule has 8 heteroatoms. The van der Waals surface area contributed by atoms with E-state index in [1.54, 1.807) is 36.2 Å². The highest BCUT2D eigenvalue weighted by molar-refractivity contribution is 9.11. The summed E-state index contributed by atoms with van der Waals surface area (Å²) in [6.45, 7) is 5.99. The molecule has 0 aromatic heterocycles. The molecule has 1 atom stereocenters. The van der Waals surface area contributed by atoms with Gasteiger partial charge < -0.3 is 14.0 Å². The lowest BCUT2D eigenvalue weighted by Crippen LogP contribution is -2.47. The summed E-state index contributed by atoms with van der Waals surface area (Å²) in [6.07, 6.45) is 5.68. The molecule has 29 heavy (non-hydrogen) atoms. The first-order valence-electron chi connectivity index (χ1n) is 9.39. The van der Waals surface area contributed by atoms with E-state index in [0.29, 0.717) is 11.2 Å². The first-order valence-corrected chi connectivity index (χ1v) is 10.2. The van der Waals surface area contributed by atoms with Crippen molar-refractivity contribution >= 4 is 40.4 Å². The number of carbonyl (C=O) groups is 2. The van der Waals surface area contributed by atoms with E-state index in [0.717, 1.165) is 22.9 Å². The van der Waals surface area contributed by atoms with E-state index in [-0.39, 0.29) is 19.2 Å². The first kappa shape index (κ1) is 21.4. The average molecular weight is 460 g/mol. The van der Waals surface area contributed by atoms with Crippen LogP contribution < -0.4 is 10.2 Å². The molecule has 0 amide bonds. The summed E-state index contributed by atoms with van der Waals surface area (Å²) in [5, 5.41) is 0. The van der Waals surface area contributed by atoms with Crippen molar-refractivity contribution in [2.24, 2.45) is 0 Å². The molecule has 0 radical (unpaired) electrons. The van der Waals surface area contributed by atoms with Gasteiger partial charge in [0, 0.05) is 5.46 Å². The van der Waals surface area contributed by atoms with Gasteiger partial charge in [-0.15, -0.1) is 0 Å². The van der Waals surface area contributed by atoms with Crippen molar-refractivity contribution in [2.75, 3.05) is 20.1 Å². The van der Waals surface area contributed by atoms with E-state index >= 15 is 0 Å². The first-order chi connectivity index (χ1) is 13.9. The van der Waals surface area contributed by atoms with Crippen molar-refractivity contribution in [2.45, 2.75) is 25.9 Å². The molecule has 1 saturated heterocycles. The third-order valence-corrected chi connectivity index (χ3v) is 4.92. The Kier molecular flexibility index (Phi) is 6.98. The average Bonchev–Trinajstić information content (AvgIpc) is 3.00. The number of nitrogens with zero attached hydrogens (tertiary/aromatic N) is 1. The molecule has 0 bridgehead atoms. The Labute approximate surface area is 179 Å². The number of likely N-dealkylation sites (N-methyl/N-ethyl adjacent to an activating group) is 1. The van der Waals surface area contributed by atoms with Gasteiger partial charge in [0.05, 0.1) is 13.1 Å². The van der Waals surface area contributed by atoms with Gasteiger partial charge in [-0.1, -0.05) is 40.7 Å². The molecule has 0 saturated carbocycles. The van der Waals surface area contributed by atoms with E-state index < -0.39 is 19.1 Å². The van der Waals surface area contributed by atoms with Crippen LogP contribution in [0.2, 0.25) is 0 Å². The largest absolute Gasteiger partial charge is 0.636 e. The van der Waals surface area contributed by atoms with Gasteiger partial charge in [0.1, 0.15) is 11.9 Å². The molecule has 1 aromatic carbocycles. The number of hydrogen-bond acceptors (Lipinski definition) is 6. The predicted molar refractivity (Wildman–Crippen MR) is 115 cm³/mol. The smallest absolute Gasteiger partial charge is 0.494 e. The van der Waals surface area contributed by atoms with Crippen LogP contribution in [0.3, 0.4) is 0 Å². The van der Waals surface area contributed by atoms with Crippen molar-refractivity contribution in [3.63, 3.8) is 0 Å². The molecule has 1 unspecified atom stereocenters. The predicted octanol–water partition coefficient (Wildman–Crippen LogP) is 2.74. The molecule has 6 nitrogen and oxygen atoms in total. The van der Waals surface area contributed by atoms with Crippen molar-refractivity contribution in [3.05, 3.63) is 58.6 Å². The fourth-order valence-electron chi connectivity index (χ4n) is 3.41. The van der Waals surface area contributed by atoms with E-state index in [1.165, 1.54) is 5.57 Å². The second-order valence-corrected chi connectivity index (χ2v) is 8.36. The normalized spacial score (nSPS) is 21.4. The number of rotatable bonds is 5. The summed E-state index contributed by atoms with van der Waals surface area (Å²) in [5.41, 5.74) is 2.88. The van der Waals surface area contributed by atoms with Crippen molar-refractivity contribution < 1.29 is 23.6 Å². The maximum Gasteiger partial charge on any atom is 0.636 e. The zero-order valence-electron chi connectivity index (χ0n) is 16.5. The summed E-state index contributed by atoms with van der Waals surface area (Å²) >= 11 is 3.47. The molecule has 1 heterocycles. The standard InChI is InChI=1S/C21H23BBrNO5/c1-4-18-15(11-14(2)23)5-10-19(18)27-17-8-6-16(7-9-17)22-28-20(25)12-24(3)13-21(26)29-22/h4,6-9,11,19H,1,5,10,12-13H2,2-3H3/b14-11+. The Balaban J connectivity index is 1.71. The highest BCUT2D eigenvalue weighted by Gasteiger charge is 2.33. The molecule has 1 fully saturated rings. The van der Waals surface area contributed by atoms with Crippen LogP contribution in [0.4, 0.5) is 0 Å². The lowest BCUT2D eigenvalue weighted by molar-refractivity contribution is -0.145. The van der Waals surface area contributed by atoms with Gasteiger partial charge >= 0.3 is 19.1 Å². The highest BCUT2D eigenvalue weighted by Crippen LogP contribution is 2.32. The molecule has 152 valence electrons. The molecular formula is C21H23BBrNO5. The lowest BCUT2D eigenvalue weighted by atomic mass is 9.78. The van der Waals surface area contributed by atoms with E-state index in [4.69, 9.17) is 14.0 Å². The van der Waals surface area contributed by atoms with Gasteiger partial charge in [-0.25, -0.2) is 0 Å². The monoisotopic (exact) mass is 459 g/mol. The molecular weight excluding hydrogens is 437 g/mol. The van der Waals surface area contributed by atoms with E-state index in [1.807, 2.05) is 13.0 Å². The number of hydrogen-bond donors (Lipinski definition) is 0. The number of carbonyl (C=O) groups excluding carboxylic acids is 2. The lowest BCUT2D eigenvalue weighted by Gasteiger charge is -2.22. The molecule has 0 spiro atoms. The maximum atomic E-state index is 11.9. The molecule has 3 rings (SSSR count). The van der Waals surface area contributed by atoms with E-state index in [9.17, 15) is 9.59 Å². The Morgan fingerprint density at radius 1 is 1.24 bits per heavy atom. The Morgan fingerprint density at radius 3 is 2.41 bits per heavy atom. The van der Waals surface area contributed by atoms with Gasteiger partial charge in [-0.2, -0.15) is 0 Å². The van der Waals surface area contributed by atoms with Crippen molar-refractivity contribution in [1.29, 1.82) is 0 Å². The van der Waals surface area contributed by atoms with E-state index in [2.05, 4.69) is 28.6 Å². The van der Waals surface area contributed by atoms with Crippen LogP contribution in [0, 0.1) is 0 Å². The molecule has 1 aliphatic carbocycles. The number of halogens is 1. The van der Waals surface area contributed by atoms with Crippen LogP contribution in [0.15, 0.2) is 58.6 Å². The number of ether oxygens (including phenoxy) is 1. The Morgan fingerprint density at radius 2 is 1.86 bits per heavy atom. The zero-order valence-corrected chi connectivity index (χ0v) is 18.1. The van der Waals surface area contributed by atoms with Crippen LogP contribution in [0.25, 0.3) is 0 Å². The molecule has 0 N–H and O–H groups in total. The van der Waals surface area contributed by atoms with Crippen LogP contribution in [-0.4, -0.2) is 50.2 Å². The van der Waals surface area contributed by atoms with Gasteiger partial charge in [0.15, 0.2) is 0 Å². The SMILES string of the molecule is C=CC1=C(/C=C(\C)Br)CCC1Oc1ccc(B2OC(=O)CN(C)CC(=O)O2)cc1. The maximum absolute atomic E-state index is 11.9. The fourth-order valence-corrected chi connectivity index (χ4v) is 3.69. The summed E-state index contributed by atoms with van der Waals surface area (Å²) in [7, 11) is 0.608. The summed E-state index contributed by atoms with van der Waals surface area (Å²) in [4.78, 5) is 25.4. The molecule has 1 aromatic rings. The minimum atomic E-state index is -1.05. The van der Waals surface area contributed by atoms with Gasteiger partial charge in [-0.3, -0.25) is 14.5 Å². The summed E-state index contributed by atoms with van der Waals surface area (Å²) < 4.78 is 17.8. The Hall–Kier alpha value is -2.32. The quantitative estimate of drug-likeness (QED) is 0.631. The van der Waals surface area contributed by atoms with Crippen LogP contribution in [-0.2, 0) is 18.9 Å². The number of allylic oxidation sites excluding steroid dienone is 3. The minimum absolute atomic E-state index is 0.0375. The molecule has 2 aliphatic rings. The molecule has 1 aliphatic heterocycles. The number of benzene rings is 1. The topological polar surface area (TPSA) is 65.1 Å². The Bertz CT molecular complexity index is 840. The summed E-state index contributed by atoms with van der Waals surface area (Å²) in [5.74, 6) is -0.207. The van der Waals surface area contributed by atoms with Gasteiger partial charge in [0.25, 0.3) is 0 Å². The minimum Gasteiger partial charge on any atom is -0.494 e. The van der Waals surface area contributed by atoms with Crippen LogP contribution in [0.1, 0.15) is 19.8 Å². The fraction of sp³-hybridized carbons (Fsp3) is 0.333. The second kappa shape index (κ2) is 9.46. The second-order valence-electron chi connectivity index (χ2n) is 7.11. The third kappa shape index (κ3) is 5.61. The zero-order chi connectivity index (χ0) is 21.0. The summed E-state index contributed by atoms with van der Waals surface area (Å²) in [6, 6.07) is 7.04. The van der Waals surface area contributed by atoms with Gasteiger partial charge in [-0.05, 0) is 60.7 Å². The van der Waals surface area contributed by atoms with Crippen molar-refractivity contribution in [1.82, 2.24) is 4.90 Å². The van der Waals surface area contributed by atoms with Crippen molar-refractivity contribution in [3.8, 4) is 5.75 Å². The van der Waals surface area contributed by atoms with Gasteiger partial charge in [0.2, 0.25) is 0 Å². The van der Waals surface area contributed by atoms with Crippen LogP contribution in [0.5, 0.6) is 5.75 Å². The highest BCUT2D eigenvalue weighted by atomic mass is 79.9. The third-order valence-electron chi connectivity index (χ3n) is 4.69. The van der Waals surface area contributed by atoms with Crippen LogP contribution >= 0.6 is 15.9 Å².